The number of nitrogens with zero attached hydrogens (tertiary/aromatic N) is 4. The first-order valence-corrected chi connectivity index (χ1v) is 13.1. The van der Waals surface area contributed by atoms with Gasteiger partial charge in [0, 0.05) is 56.6 Å². The third-order valence-electron chi connectivity index (χ3n) is 8.46. The van der Waals surface area contributed by atoms with Gasteiger partial charge in [-0.15, -0.1) is 0 Å². The molecule has 0 radical (unpaired) electrons. The summed E-state index contributed by atoms with van der Waals surface area (Å²) in [6.07, 6.45) is 5.13. The molecule has 4 fully saturated rings. The highest BCUT2D eigenvalue weighted by Crippen LogP contribution is 2.38. The standard InChI is InChI=1S/C26H32N6O4/c33-22-7-3-6-21-17-12-16(14-32(21)22)13-31(15-17)26(36)30-10-8-18(9-11-30)27-25(35)23-19-4-1-2-5-20(19)24(34)29-28-23/h1-2,4-5,16-18,21H,3,6-15H2,(H,27,35)(H,29,34)/t16?,17?,21-/m1/s1. The Morgan fingerprint density at radius 1 is 0.972 bits per heavy atom. The van der Waals surface area contributed by atoms with E-state index in [1.165, 1.54) is 0 Å². The lowest BCUT2D eigenvalue weighted by Crippen LogP contribution is -2.62. The molecular formula is C26H32N6O4. The van der Waals surface area contributed by atoms with Crippen LogP contribution in [0, 0.1) is 11.8 Å². The van der Waals surface area contributed by atoms with Gasteiger partial charge < -0.3 is 20.0 Å². The molecule has 36 heavy (non-hydrogen) atoms. The lowest BCUT2D eigenvalue weighted by atomic mass is 9.76. The van der Waals surface area contributed by atoms with E-state index in [2.05, 4.69) is 20.4 Å². The minimum atomic E-state index is -0.321. The maximum atomic E-state index is 13.4. The number of hydrogen-bond acceptors (Lipinski definition) is 5. The van der Waals surface area contributed by atoms with Crippen molar-refractivity contribution in [2.75, 3.05) is 32.7 Å². The Hall–Kier alpha value is -3.43. The molecule has 0 saturated carbocycles. The van der Waals surface area contributed by atoms with Crippen LogP contribution in [-0.2, 0) is 4.79 Å². The molecule has 1 aromatic carbocycles. The number of urea groups is 1. The van der Waals surface area contributed by atoms with Crippen molar-refractivity contribution >= 4 is 28.6 Å². The quantitative estimate of drug-likeness (QED) is 0.660. The second kappa shape index (κ2) is 9.22. The molecule has 0 aliphatic carbocycles. The fourth-order valence-electron chi connectivity index (χ4n) is 6.72. The van der Waals surface area contributed by atoms with E-state index in [1.807, 2.05) is 9.80 Å². The highest BCUT2D eigenvalue weighted by Gasteiger charge is 2.45. The van der Waals surface area contributed by atoms with Crippen molar-refractivity contribution in [1.82, 2.24) is 30.2 Å². The highest BCUT2D eigenvalue weighted by atomic mass is 16.2. The summed E-state index contributed by atoms with van der Waals surface area (Å²) >= 11 is 0. The molecule has 190 valence electrons. The summed E-state index contributed by atoms with van der Waals surface area (Å²) in [6, 6.07) is 7.25. The van der Waals surface area contributed by atoms with Gasteiger partial charge in [0.15, 0.2) is 5.69 Å². The van der Waals surface area contributed by atoms with Crippen LogP contribution in [-0.4, -0.2) is 87.6 Å². The third kappa shape index (κ3) is 4.12. The molecule has 2 N–H and O–H groups in total. The average molecular weight is 493 g/mol. The zero-order chi connectivity index (χ0) is 24.8. The second-order valence-corrected chi connectivity index (χ2v) is 10.7. The number of aromatic amines is 1. The van der Waals surface area contributed by atoms with E-state index >= 15 is 0 Å². The van der Waals surface area contributed by atoms with Gasteiger partial charge >= 0.3 is 6.03 Å². The zero-order valence-corrected chi connectivity index (χ0v) is 20.3. The number of likely N-dealkylation sites (tertiary alicyclic amines) is 2. The van der Waals surface area contributed by atoms with Crippen LogP contribution in [0.5, 0.6) is 0 Å². The Bertz CT molecular complexity index is 1250. The molecule has 10 heteroatoms. The van der Waals surface area contributed by atoms with Crippen molar-refractivity contribution in [3.8, 4) is 0 Å². The summed E-state index contributed by atoms with van der Waals surface area (Å²) in [5.41, 5.74) is -0.114. The number of amides is 4. The third-order valence-corrected chi connectivity index (χ3v) is 8.46. The van der Waals surface area contributed by atoms with Gasteiger partial charge in [-0.3, -0.25) is 14.4 Å². The van der Waals surface area contributed by atoms with E-state index in [0.29, 0.717) is 61.5 Å². The maximum absolute atomic E-state index is 13.4. The highest BCUT2D eigenvalue weighted by molar-refractivity contribution is 6.04. The number of piperidine rings is 4. The number of nitrogens with one attached hydrogen (secondary N) is 2. The van der Waals surface area contributed by atoms with Crippen LogP contribution in [0.3, 0.4) is 0 Å². The molecule has 0 spiro atoms. The lowest BCUT2D eigenvalue weighted by molar-refractivity contribution is -0.144. The molecule has 2 unspecified atom stereocenters. The molecule has 1 aromatic heterocycles. The van der Waals surface area contributed by atoms with Crippen molar-refractivity contribution in [1.29, 1.82) is 0 Å². The van der Waals surface area contributed by atoms with Crippen LogP contribution in [0.15, 0.2) is 29.1 Å². The minimum Gasteiger partial charge on any atom is -0.348 e. The molecule has 3 atom stereocenters. The Balaban J connectivity index is 1.06. The topological polar surface area (TPSA) is 119 Å². The van der Waals surface area contributed by atoms with E-state index in [4.69, 9.17) is 0 Å². The molecule has 4 aliphatic rings. The normalized spacial score (nSPS) is 26.6. The Morgan fingerprint density at radius 2 is 1.75 bits per heavy atom. The van der Waals surface area contributed by atoms with Crippen LogP contribution in [0.4, 0.5) is 4.79 Å². The SMILES string of the molecule is O=C(NC1CCN(C(=O)N2CC3CC(C2)[C@H]2CCCC(=O)N2C3)CC1)c1n[nH]c(=O)c2ccccc12. The molecular weight excluding hydrogens is 460 g/mol. The van der Waals surface area contributed by atoms with Gasteiger partial charge in [0.25, 0.3) is 11.5 Å². The molecule has 4 aliphatic heterocycles. The first kappa shape index (κ1) is 23.0. The minimum absolute atomic E-state index is 0.0587. The van der Waals surface area contributed by atoms with Crippen LogP contribution >= 0.6 is 0 Å². The van der Waals surface area contributed by atoms with Crippen LogP contribution in [0.25, 0.3) is 10.8 Å². The first-order valence-electron chi connectivity index (χ1n) is 13.1. The first-order chi connectivity index (χ1) is 17.5. The van der Waals surface area contributed by atoms with E-state index in [0.717, 1.165) is 32.4 Å². The second-order valence-electron chi connectivity index (χ2n) is 10.7. The van der Waals surface area contributed by atoms with Crippen LogP contribution < -0.4 is 10.9 Å². The fraction of sp³-hybridized carbons (Fsp3) is 0.577. The average Bonchev–Trinajstić information content (AvgIpc) is 2.89. The van der Waals surface area contributed by atoms with E-state index in [-0.39, 0.29) is 41.2 Å². The van der Waals surface area contributed by atoms with Crippen LogP contribution in [0.2, 0.25) is 0 Å². The van der Waals surface area contributed by atoms with Crippen molar-refractivity contribution in [2.24, 2.45) is 11.8 Å². The van der Waals surface area contributed by atoms with Crippen molar-refractivity contribution < 1.29 is 14.4 Å². The van der Waals surface area contributed by atoms with Gasteiger partial charge in [-0.1, -0.05) is 18.2 Å². The van der Waals surface area contributed by atoms with Gasteiger partial charge in [-0.2, -0.15) is 5.10 Å². The monoisotopic (exact) mass is 492 g/mol. The number of aromatic nitrogens is 2. The molecule has 4 saturated heterocycles. The van der Waals surface area contributed by atoms with Crippen molar-refractivity contribution in [2.45, 2.75) is 50.6 Å². The number of fused-ring (bicyclic) bond motifs is 5. The Kier molecular flexibility index (Phi) is 5.89. The van der Waals surface area contributed by atoms with E-state index in [1.54, 1.807) is 24.3 Å². The van der Waals surface area contributed by atoms with Crippen LogP contribution in [0.1, 0.15) is 49.0 Å². The number of rotatable bonds is 2. The largest absolute Gasteiger partial charge is 0.348 e. The van der Waals surface area contributed by atoms with Gasteiger partial charge in [-0.05, 0) is 50.0 Å². The van der Waals surface area contributed by atoms with E-state index < -0.39 is 0 Å². The summed E-state index contributed by atoms with van der Waals surface area (Å²) in [6.45, 7) is 3.40. The number of carbonyl (C=O) groups is 3. The number of hydrogen-bond donors (Lipinski definition) is 2. The predicted molar refractivity (Wildman–Crippen MR) is 132 cm³/mol. The number of carbonyl (C=O) groups excluding carboxylic acids is 3. The van der Waals surface area contributed by atoms with Gasteiger partial charge in [0.1, 0.15) is 0 Å². The maximum Gasteiger partial charge on any atom is 0.320 e. The van der Waals surface area contributed by atoms with Gasteiger partial charge in [0.2, 0.25) is 5.91 Å². The predicted octanol–water partition coefficient (Wildman–Crippen LogP) is 1.57. The summed E-state index contributed by atoms with van der Waals surface area (Å²) in [7, 11) is 0. The molecule has 2 bridgehead atoms. The molecule has 10 nitrogen and oxygen atoms in total. The Labute approximate surface area is 209 Å². The lowest BCUT2D eigenvalue weighted by Gasteiger charge is -2.53. The van der Waals surface area contributed by atoms with Crippen molar-refractivity contribution in [3.63, 3.8) is 0 Å². The van der Waals surface area contributed by atoms with Crippen molar-refractivity contribution in [3.05, 3.63) is 40.3 Å². The molecule has 2 aromatic rings. The summed E-state index contributed by atoms with van der Waals surface area (Å²) in [5.74, 6) is 0.710. The summed E-state index contributed by atoms with van der Waals surface area (Å²) < 4.78 is 0. The zero-order valence-electron chi connectivity index (χ0n) is 20.3. The smallest absolute Gasteiger partial charge is 0.320 e. The summed E-state index contributed by atoms with van der Waals surface area (Å²) in [4.78, 5) is 56.7. The number of benzene rings is 1. The number of H-pyrrole nitrogens is 1. The Morgan fingerprint density at radius 3 is 2.56 bits per heavy atom. The molecule has 4 amide bonds. The van der Waals surface area contributed by atoms with Gasteiger partial charge in [0.05, 0.1) is 5.39 Å². The summed E-state index contributed by atoms with van der Waals surface area (Å²) in [5, 5.41) is 10.4. The fourth-order valence-corrected chi connectivity index (χ4v) is 6.72. The molecule has 6 rings (SSSR count). The molecule has 5 heterocycles. The van der Waals surface area contributed by atoms with E-state index in [9.17, 15) is 19.2 Å². The van der Waals surface area contributed by atoms with Gasteiger partial charge in [-0.25, -0.2) is 9.89 Å².